The van der Waals surface area contributed by atoms with Gasteiger partial charge in [0.15, 0.2) is 0 Å². The third-order valence-electron chi connectivity index (χ3n) is 2.56. The molecule has 0 radical (unpaired) electrons. The minimum absolute atomic E-state index is 0.591. The van der Waals surface area contributed by atoms with Gasteiger partial charge in [0.1, 0.15) is 5.75 Å². The lowest BCUT2D eigenvalue weighted by molar-refractivity contribution is 0.453. The summed E-state index contributed by atoms with van der Waals surface area (Å²) in [5.41, 5.74) is 2.96. The van der Waals surface area contributed by atoms with Gasteiger partial charge in [0.25, 0.3) is 0 Å². The number of rotatable bonds is 3. The molecule has 0 unspecified atom stereocenters. The smallest absolute Gasteiger partial charge is 0.241 e. The zero-order valence-corrected chi connectivity index (χ0v) is 10.4. The fraction of sp³-hybridized carbons (Fsp3) is 0.286. The number of nitrogens with zero attached hydrogens (tertiary/aromatic N) is 2. The lowest BCUT2D eigenvalue weighted by atomic mass is 10.2. The van der Waals surface area contributed by atoms with E-state index in [0.29, 0.717) is 5.88 Å². The van der Waals surface area contributed by atoms with Crippen LogP contribution in [0.2, 0.25) is 0 Å². The van der Waals surface area contributed by atoms with E-state index in [1.807, 2.05) is 38.1 Å². The van der Waals surface area contributed by atoms with Gasteiger partial charge in [-0.3, -0.25) is 4.98 Å². The van der Waals surface area contributed by atoms with Crippen LogP contribution in [0.4, 0.5) is 0 Å². The Hall–Kier alpha value is -1.90. The monoisotopic (exact) mass is 228 g/mol. The van der Waals surface area contributed by atoms with Crippen molar-refractivity contribution in [1.82, 2.24) is 9.97 Å². The fourth-order valence-corrected chi connectivity index (χ4v) is 1.45. The number of ether oxygens (including phenoxy) is 1. The lowest BCUT2D eigenvalue weighted by Crippen LogP contribution is -1.97. The van der Waals surface area contributed by atoms with Gasteiger partial charge in [0, 0.05) is 6.20 Å². The zero-order valence-electron chi connectivity index (χ0n) is 10.4. The first-order valence-electron chi connectivity index (χ1n) is 5.76. The van der Waals surface area contributed by atoms with E-state index in [2.05, 4.69) is 16.9 Å². The average molecular weight is 228 g/mol. The molecule has 2 rings (SSSR count). The first-order valence-corrected chi connectivity index (χ1v) is 5.76. The Morgan fingerprint density at radius 1 is 1.12 bits per heavy atom. The SMILES string of the molecule is CCc1cnc(C)c(Oc2ccc(C)cc2)n1. The molecule has 17 heavy (non-hydrogen) atoms. The maximum atomic E-state index is 5.73. The van der Waals surface area contributed by atoms with Crippen LogP contribution in [0.1, 0.15) is 23.9 Å². The van der Waals surface area contributed by atoms with E-state index in [9.17, 15) is 0 Å². The highest BCUT2D eigenvalue weighted by atomic mass is 16.5. The van der Waals surface area contributed by atoms with E-state index in [-0.39, 0.29) is 0 Å². The molecule has 0 bridgehead atoms. The molecule has 0 spiro atoms. The van der Waals surface area contributed by atoms with Crippen LogP contribution in [0, 0.1) is 13.8 Å². The van der Waals surface area contributed by atoms with Gasteiger partial charge >= 0.3 is 0 Å². The Morgan fingerprint density at radius 2 is 1.82 bits per heavy atom. The molecule has 0 aliphatic rings. The van der Waals surface area contributed by atoms with Crippen molar-refractivity contribution in [3.05, 3.63) is 47.4 Å². The van der Waals surface area contributed by atoms with Crippen molar-refractivity contribution in [3.8, 4) is 11.6 Å². The van der Waals surface area contributed by atoms with Crippen molar-refractivity contribution in [3.63, 3.8) is 0 Å². The Bertz CT molecular complexity index is 506. The van der Waals surface area contributed by atoms with Crippen molar-refractivity contribution in [2.75, 3.05) is 0 Å². The molecular weight excluding hydrogens is 212 g/mol. The zero-order chi connectivity index (χ0) is 12.3. The molecule has 88 valence electrons. The van der Waals surface area contributed by atoms with Crippen LogP contribution >= 0.6 is 0 Å². The first kappa shape index (κ1) is 11.6. The standard InChI is InChI=1S/C14H16N2O/c1-4-12-9-15-11(3)14(16-12)17-13-7-5-10(2)6-8-13/h5-9H,4H2,1-3H3. The maximum Gasteiger partial charge on any atom is 0.241 e. The highest BCUT2D eigenvalue weighted by Crippen LogP contribution is 2.22. The molecule has 1 aromatic heterocycles. The summed E-state index contributed by atoms with van der Waals surface area (Å²) >= 11 is 0. The van der Waals surface area contributed by atoms with Gasteiger partial charge in [-0.1, -0.05) is 24.6 Å². The molecule has 0 atom stereocenters. The van der Waals surface area contributed by atoms with Gasteiger partial charge in [0.05, 0.1) is 11.4 Å². The third-order valence-corrected chi connectivity index (χ3v) is 2.56. The number of hydrogen-bond donors (Lipinski definition) is 0. The molecule has 3 nitrogen and oxygen atoms in total. The molecule has 0 N–H and O–H groups in total. The molecular formula is C14H16N2O. The number of aromatic nitrogens is 2. The third kappa shape index (κ3) is 2.81. The van der Waals surface area contributed by atoms with E-state index in [1.165, 1.54) is 5.56 Å². The van der Waals surface area contributed by atoms with Gasteiger partial charge < -0.3 is 4.74 Å². The summed E-state index contributed by atoms with van der Waals surface area (Å²) in [5, 5.41) is 0. The van der Waals surface area contributed by atoms with Crippen LogP contribution < -0.4 is 4.74 Å². The van der Waals surface area contributed by atoms with Gasteiger partial charge in [-0.05, 0) is 32.4 Å². The maximum absolute atomic E-state index is 5.73. The average Bonchev–Trinajstić information content (AvgIpc) is 2.35. The lowest BCUT2D eigenvalue weighted by Gasteiger charge is -2.08. The normalized spacial score (nSPS) is 10.3. The summed E-state index contributed by atoms with van der Waals surface area (Å²) in [5.74, 6) is 1.38. The predicted octanol–water partition coefficient (Wildman–Crippen LogP) is 3.45. The first-order chi connectivity index (χ1) is 8.19. The van der Waals surface area contributed by atoms with Gasteiger partial charge in [0.2, 0.25) is 5.88 Å². The topological polar surface area (TPSA) is 35.0 Å². The summed E-state index contributed by atoms with van der Waals surface area (Å²) < 4.78 is 5.73. The Labute approximate surface area is 102 Å². The van der Waals surface area contributed by atoms with Gasteiger partial charge in [-0.25, -0.2) is 4.98 Å². The molecule has 1 aromatic carbocycles. The Kier molecular flexibility index (Phi) is 3.38. The largest absolute Gasteiger partial charge is 0.437 e. The van der Waals surface area contributed by atoms with Crippen molar-refractivity contribution < 1.29 is 4.74 Å². The van der Waals surface area contributed by atoms with E-state index < -0.39 is 0 Å². The van der Waals surface area contributed by atoms with Crippen LogP contribution in [-0.4, -0.2) is 9.97 Å². The summed E-state index contributed by atoms with van der Waals surface area (Å²) in [4.78, 5) is 8.70. The molecule has 0 saturated carbocycles. The quantitative estimate of drug-likeness (QED) is 0.807. The fourth-order valence-electron chi connectivity index (χ4n) is 1.45. The van der Waals surface area contributed by atoms with E-state index >= 15 is 0 Å². The number of hydrogen-bond acceptors (Lipinski definition) is 3. The second-order valence-corrected chi connectivity index (χ2v) is 4.02. The highest BCUT2D eigenvalue weighted by molar-refractivity contribution is 5.31. The van der Waals surface area contributed by atoms with E-state index in [0.717, 1.165) is 23.6 Å². The molecule has 0 saturated heterocycles. The molecule has 0 amide bonds. The minimum Gasteiger partial charge on any atom is -0.437 e. The summed E-state index contributed by atoms with van der Waals surface area (Å²) in [7, 11) is 0. The summed E-state index contributed by atoms with van der Waals surface area (Å²) in [6.07, 6.45) is 2.65. The van der Waals surface area contributed by atoms with Crippen molar-refractivity contribution >= 4 is 0 Å². The molecule has 2 aromatic rings. The highest BCUT2D eigenvalue weighted by Gasteiger charge is 2.05. The van der Waals surface area contributed by atoms with Crippen LogP contribution in [0.15, 0.2) is 30.5 Å². The predicted molar refractivity (Wildman–Crippen MR) is 67.4 cm³/mol. The van der Waals surface area contributed by atoms with Crippen molar-refractivity contribution in [1.29, 1.82) is 0 Å². The number of benzene rings is 1. The molecule has 0 fully saturated rings. The second-order valence-electron chi connectivity index (χ2n) is 4.02. The van der Waals surface area contributed by atoms with Crippen LogP contribution in [0.5, 0.6) is 11.6 Å². The second kappa shape index (κ2) is 4.95. The summed E-state index contributed by atoms with van der Waals surface area (Å²) in [6.45, 7) is 6.00. The van der Waals surface area contributed by atoms with Gasteiger partial charge in [-0.2, -0.15) is 0 Å². The van der Waals surface area contributed by atoms with Crippen molar-refractivity contribution in [2.45, 2.75) is 27.2 Å². The minimum atomic E-state index is 0.591. The van der Waals surface area contributed by atoms with E-state index in [4.69, 9.17) is 4.74 Å². The molecule has 0 aliphatic heterocycles. The number of aryl methyl sites for hydroxylation is 3. The van der Waals surface area contributed by atoms with Crippen LogP contribution in [0.25, 0.3) is 0 Å². The Morgan fingerprint density at radius 3 is 2.47 bits per heavy atom. The van der Waals surface area contributed by atoms with Crippen molar-refractivity contribution in [2.24, 2.45) is 0 Å². The molecule has 3 heteroatoms. The molecule has 1 heterocycles. The van der Waals surface area contributed by atoms with E-state index in [1.54, 1.807) is 6.20 Å². The summed E-state index contributed by atoms with van der Waals surface area (Å²) in [6, 6.07) is 7.91. The Balaban J connectivity index is 2.25. The van der Waals surface area contributed by atoms with Crippen LogP contribution in [0.3, 0.4) is 0 Å². The molecule has 0 aliphatic carbocycles. The van der Waals surface area contributed by atoms with Crippen LogP contribution in [-0.2, 0) is 6.42 Å². The van der Waals surface area contributed by atoms with Gasteiger partial charge in [-0.15, -0.1) is 0 Å².